The molecule has 27 heavy (non-hydrogen) atoms. The predicted molar refractivity (Wildman–Crippen MR) is 102 cm³/mol. The van der Waals surface area contributed by atoms with E-state index in [-0.39, 0.29) is 30.9 Å². The largest absolute Gasteiger partial charge is 0.482 e. The van der Waals surface area contributed by atoms with Crippen LogP contribution in [0.2, 0.25) is 0 Å². The van der Waals surface area contributed by atoms with Crippen molar-refractivity contribution in [1.29, 1.82) is 0 Å². The van der Waals surface area contributed by atoms with Crippen LogP contribution in [0.4, 0.5) is 11.4 Å². The molecule has 1 aliphatic heterocycles. The zero-order valence-electron chi connectivity index (χ0n) is 15.0. The molecule has 0 spiro atoms. The Hall–Kier alpha value is -3.35. The Kier molecular flexibility index (Phi) is 5.71. The summed E-state index contributed by atoms with van der Waals surface area (Å²) >= 11 is 0. The van der Waals surface area contributed by atoms with Crippen LogP contribution >= 0.6 is 0 Å². The highest BCUT2D eigenvalue weighted by Gasteiger charge is 2.27. The second-order valence-corrected chi connectivity index (χ2v) is 6.12. The maximum Gasteiger partial charge on any atom is 0.265 e. The molecular weight excluding hydrogens is 346 g/mol. The fourth-order valence-electron chi connectivity index (χ4n) is 2.71. The van der Waals surface area contributed by atoms with E-state index in [0.29, 0.717) is 29.2 Å². The summed E-state index contributed by atoms with van der Waals surface area (Å²) in [5.41, 5.74) is 1.50. The van der Waals surface area contributed by atoms with Gasteiger partial charge >= 0.3 is 0 Å². The minimum Gasteiger partial charge on any atom is -0.482 e. The molecule has 0 aromatic heterocycles. The number of nitrogens with one attached hydrogen (secondary N) is 2. The maximum atomic E-state index is 12.3. The third kappa shape index (κ3) is 4.44. The summed E-state index contributed by atoms with van der Waals surface area (Å²) in [6.45, 7) is 2.30. The van der Waals surface area contributed by atoms with E-state index in [4.69, 9.17) is 4.74 Å². The molecule has 1 heterocycles. The molecule has 0 saturated heterocycles. The van der Waals surface area contributed by atoms with Gasteiger partial charge in [0.05, 0.1) is 5.69 Å². The number of anilines is 2. The molecule has 2 N–H and O–H groups in total. The molecule has 2 aromatic carbocycles. The fraction of sp³-hybridized carbons (Fsp3) is 0.250. The number of hydrogen-bond donors (Lipinski definition) is 2. The van der Waals surface area contributed by atoms with Crippen molar-refractivity contribution < 1.29 is 19.1 Å². The van der Waals surface area contributed by atoms with Crippen molar-refractivity contribution in [2.45, 2.75) is 13.3 Å². The number of hydrogen-bond acceptors (Lipinski definition) is 4. The molecule has 0 saturated carbocycles. The van der Waals surface area contributed by atoms with Crippen LogP contribution in [0, 0.1) is 0 Å². The van der Waals surface area contributed by atoms with Crippen molar-refractivity contribution in [2.75, 3.05) is 29.9 Å². The number of rotatable bonds is 6. The van der Waals surface area contributed by atoms with Crippen LogP contribution in [-0.4, -0.2) is 37.4 Å². The average Bonchev–Trinajstić information content (AvgIpc) is 2.69. The number of ether oxygens (including phenoxy) is 1. The van der Waals surface area contributed by atoms with E-state index >= 15 is 0 Å². The third-order valence-corrected chi connectivity index (χ3v) is 4.07. The summed E-state index contributed by atoms with van der Waals surface area (Å²) in [4.78, 5) is 38.0. The monoisotopic (exact) mass is 367 g/mol. The molecule has 0 unspecified atom stereocenters. The Morgan fingerprint density at radius 3 is 2.67 bits per heavy atom. The van der Waals surface area contributed by atoms with Crippen molar-refractivity contribution in [2.24, 2.45) is 0 Å². The highest BCUT2D eigenvalue weighted by Crippen LogP contribution is 2.34. The Balaban J connectivity index is 1.79. The quantitative estimate of drug-likeness (QED) is 0.819. The molecule has 0 aliphatic carbocycles. The van der Waals surface area contributed by atoms with Gasteiger partial charge in [-0.1, -0.05) is 25.1 Å². The molecule has 0 fully saturated rings. The van der Waals surface area contributed by atoms with Crippen molar-refractivity contribution in [1.82, 2.24) is 5.32 Å². The van der Waals surface area contributed by atoms with E-state index in [2.05, 4.69) is 10.6 Å². The molecule has 3 amide bonds. The smallest absolute Gasteiger partial charge is 0.265 e. The van der Waals surface area contributed by atoms with Gasteiger partial charge in [-0.3, -0.25) is 19.3 Å². The lowest BCUT2D eigenvalue weighted by atomic mass is 10.1. The minimum absolute atomic E-state index is 0.0920. The van der Waals surface area contributed by atoms with Crippen molar-refractivity contribution in [3.8, 4) is 5.75 Å². The van der Waals surface area contributed by atoms with Crippen LogP contribution in [0.25, 0.3) is 0 Å². The summed E-state index contributed by atoms with van der Waals surface area (Å²) in [6, 6.07) is 13.8. The van der Waals surface area contributed by atoms with Gasteiger partial charge in [-0.05, 0) is 36.8 Å². The van der Waals surface area contributed by atoms with Gasteiger partial charge in [-0.2, -0.15) is 0 Å². The molecule has 3 rings (SSSR count). The molecule has 7 heteroatoms. The fourth-order valence-corrected chi connectivity index (χ4v) is 2.71. The lowest BCUT2D eigenvalue weighted by Gasteiger charge is -2.29. The van der Waals surface area contributed by atoms with Gasteiger partial charge in [0.25, 0.3) is 11.8 Å². The van der Waals surface area contributed by atoms with Crippen molar-refractivity contribution >= 4 is 29.1 Å². The first-order valence-corrected chi connectivity index (χ1v) is 8.79. The molecular formula is C20H21N3O4. The first kappa shape index (κ1) is 18.4. The number of fused-ring (bicyclic) bond motifs is 1. The number of carbonyl (C=O) groups excluding carboxylic acids is 3. The lowest BCUT2D eigenvalue weighted by molar-refractivity contribution is -0.125. The normalized spacial score (nSPS) is 12.8. The average molecular weight is 367 g/mol. The Morgan fingerprint density at radius 1 is 1.15 bits per heavy atom. The van der Waals surface area contributed by atoms with E-state index in [1.165, 1.54) is 4.90 Å². The van der Waals surface area contributed by atoms with Gasteiger partial charge in [-0.25, -0.2) is 0 Å². The number of amides is 3. The van der Waals surface area contributed by atoms with Gasteiger partial charge < -0.3 is 15.4 Å². The Bertz CT molecular complexity index is 852. The van der Waals surface area contributed by atoms with Crippen LogP contribution < -0.4 is 20.3 Å². The molecule has 7 nitrogen and oxygen atoms in total. The molecule has 2 aromatic rings. The van der Waals surface area contributed by atoms with Crippen LogP contribution in [0.1, 0.15) is 23.7 Å². The standard InChI is InChI=1S/C20H21N3O4/c1-2-10-21-18(24)12-23-16-11-15(8-9-17(16)27-13-19(23)25)22-20(26)14-6-4-3-5-7-14/h3-9,11H,2,10,12-13H2,1H3,(H,21,24)(H,22,26). The zero-order valence-corrected chi connectivity index (χ0v) is 15.0. The van der Waals surface area contributed by atoms with Gasteiger partial charge in [0.2, 0.25) is 5.91 Å². The van der Waals surface area contributed by atoms with Gasteiger partial charge in [0, 0.05) is 17.8 Å². The van der Waals surface area contributed by atoms with E-state index < -0.39 is 0 Å². The van der Waals surface area contributed by atoms with Crippen molar-refractivity contribution in [3.63, 3.8) is 0 Å². The number of benzene rings is 2. The Morgan fingerprint density at radius 2 is 1.93 bits per heavy atom. The minimum atomic E-state index is -0.305. The van der Waals surface area contributed by atoms with Crippen molar-refractivity contribution in [3.05, 3.63) is 54.1 Å². The van der Waals surface area contributed by atoms with Gasteiger partial charge in [0.1, 0.15) is 12.3 Å². The first-order chi connectivity index (χ1) is 13.1. The summed E-state index contributed by atoms with van der Waals surface area (Å²) in [7, 11) is 0. The Labute approximate surface area is 157 Å². The van der Waals surface area contributed by atoms with Crippen LogP contribution in [0.5, 0.6) is 5.75 Å². The molecule has 0 radical (unpaired) electrons. The molecule has 140 valence electrons. The van der Waals surface area contributed by atoms with E-state index in [9.17, 15) is 14.4 Å². The summed E-state index contributed by atoms with van der Waals surface area (Å²) < 4.78 is 5.44. The zero-order chi connectivity index (χ0) is 19.2. The highest BCUT2D eigenvalue weighted by molar-refractivity contribution is 6.06. The third-order valence-electron chi connectivity index (χ3n) is 4.07. The molecule has 1 aliphatic rings. The number of nitrogens with zero attached hydrogens (tertiary/aromatic N) is 1. The van der Waals surface area contributed by atoms with E-state index in [0.717, 1.165) is 6.42 Å². The SMILES string of the molecule is CCCNC(=O)CN1C(=O)COc2ccc(NC(=O)c3ccccc3)cc21. The van der Waals surface area contributed by atoms with Crippen LogP contribution in [0.15, 0.2) is 48.5 Å². The summed E-state index contributed by atoms with van der Waals surface area (Å²) in [5, 5.41) is 5.55. The second-order valence-electron chi connectivity index (χ2n) is 6.12. The molecule has 0 bridgehead atoms. The highest BCUT2D eigenvalue weighted by atomic mass is 16.5. The topological polar surface area (TPSA) is 87.7 Å². The van der Waals surface area contributed by atoms with E-state index in [1.54, 1.807) is 42.5 Å². The van der Waals surface area contributed by atoms with Gasteiger partial charge in [0.15, 0.2) is 6.61 Å². The summed E-state index contributed by atoms with van der Waals surface area (Å²) in [6.07, 6.45) is 0.815. The maximum absolute atomic E-state index is 12.3. The molecule has 0 atom stereocenters. The first-order valence-electron chi connectivity index (χ1n) is 8.79. The summed E-state index contributed by atoms with van der Waals surface area (Å²) in [5.74, 6) is -0.307. The predicted octanol–water partition coefficient (Wildman–Crippen LogP) is 2.19. The second kappa shape index (κ2) is 8.35. The van der Waals surface area contributed by atoms with E-state index in [1.807, 2.05) is 13.0 Å². The number of carbonyl (C=O) groups is 3. The lowest BCUT2D eigenvalue weighted by Crippen LogP contribution is -2.45. The van der Waals surface area contributed by atoms with Crippen LogP contribution in [-0.2, 0) is 9.59 Å². The van der Waals surface area contributed by atoms with Crippen LogP contribution in [0.3, 0.4) is 0 Å². The van der Waals surface area contributed by atoms with Gasteiger partial charge in [-0.15, -0.1) is 0 Å².